The van der Waals surface area contributed by atoms with E-state index in [0.29, 0.717) is 0 Å². The van der Waals surface area contributed by atoms with Gasteiger partial charge in [0.1, 0.15) is 22.9 Å². The predicted molar refractivity (Wildman–Crippen MR) is 64.3 cm³/mol. The van der Waals surface area contributed by atoms with E-state index in [1.165, 1.54) is 27.2 Å². The van der Waals surface area contributed by atoms with Crippen LogP contribution in [0, 0.1) is 18.6 Å². The molecule has 100 valence electrons. The molecule has 1 heterocycles. The van der Waals surface area contributed by atoms with E-state index in [1.807, 2.05) is 0 Å². The van der Waals surface area contributed by atoms with Gasteiger partial charge in [0.15, 0.2) is 5.69 Å². The standard InChI is InChI=1S/C13H11F2NO3/c1-6-4-7(14)12-10(11(6)15)9(18-2)5-8(16-12)13(17)19-3/h4-5H,1-3H3. The van der Waals surface area contributed by atoms with Gasteiger partial charge in [-0.25, -0.2) is 18.6 Å². The number of hydrogen-bond donors (Lipinski definition) is 0. The zero-order valence-corrected chi connectivity index (χ0v) is 10.6. The minimum Gasteiger partial charge on any atom is -0.496 e. The van der Waals surface area contributed by atoms with Gasteiger partial charge in [0, 0.05) is 6.07 Å². The van der Waals surface area contributed by atoms with Crippen molar-refractivity contribution in [1.82, 2.24) is 4.98 Å². The minimum atomic E-state index is -0.749. The third kappa shape index (κ3) is 2.09. The van der Waals surface area contributed by atoms with Crippen molar-refractivity contribution >= 4 is 16.9 Å². The maximum atomic E-state index is 14.0. The third-order valence-electron chi connectivity index (χ3n) is 2.73. The Hall–Kier alpha value is -2.24. The van der Waals surface area contributed by atoms with Crippen LogP contribution in [-0.2, 0) is 4.74 Å². The van der Waals surface area contributed by atoms with Crippen LogP contribution in [0.15, 0.2) is 12.1 Å². The number of fused-ring (bicyclic) bond motifs is 1. The summed E-state index contributed by atoms with van der Waals surface area (Å²) in [6, 6.07) is 2.24. The van der Waals surface area contributed by atoms with Crippen LogP contribution in [0.2, 0.25) is 0 Å². The fourth-order valence-electron chi connectivity index (χ4n) is 1.80. The van der Waals surface area contributed by atoms with Crippen molar-refractivity contribution < 1.29 is 23.0 Å². The Kier molecular flexibility index (Phi) is 3.33. The number of hydrogen-bond acceptors (Lipinski definition) is 4. The van der Waals surface area contributed by atoms with Gasteiger partial charge in [0.05, 0.1) is 19.6 Å². The first kappa shape index (κ1) is 13.2. The number of aromatic nitrogens is 1. The molecule has 0 saturated heterocycles. The number of pyridine rings is 1. The Morgan fingerprint density at radius 1 is 1.26 bits per heavy atom. The van der Waals surface area contributed by atoms with E-state index in [0.717, 1.165) is 6.07 Å². The number of carbonyl (C=O) groups is 1. The van der Waals surface area contributed by atoms with Crippen LogP contribution in [0.5, 0.6) is 5.75 Å². The van der Waals surface area contributed by atoms with Crippen LogP contribution in [0.1, 0.15) is 16.1 Å². The summed E-state index contributed by atoms with van der Waals surface area (Å²) in [7, 11) is 2.47. The second-order valence-electron chi connectivity index (χ2n) is 3.91. The van der Waals surface area contributed by atoms with Crippen molar-refractivity contribution in [2.75, 3.05) is 14.2 Å². The molecule has 0 radical (unpaired) electrons. The lowest BCUT2D eigenvalue weighted by molar-refractivity contribution is 0.0594. The summed E-state index contributed by atoms with van der Waals surface area (Å²) < 4.78 is 37.4. The maximum Gasteiger partial charge on any atom is 0.356 e. The van der Waals surface area contributed by atoms with Crippen molar-refractivity contribution in [3.8, 4) is 5.75 Å². The molecule has 0 amide bonds. The monoisotopic (exact) mass is 267 g/mol. The molecule has 2 rings (SSSR count). The van der Waals surface area contributed by atoms with Gasteiger partial charge in [-0.15, -0.1) is 0 Å². The second-order valence-corrected chi connectivity index (χ2v) is 3.91. The molecule has 0 aliphatic rings. The highest BCUT2D eigenvalue weighted by Crippen LogP contribution is 2.31. The molecule has 19 heavy (non-hydrogen) atoms. The molecule has 2 aromatic rings. The Labute approximate surface area is 108 Å². The molecule has 0 fully saturated rings. The summed E-state index contributed by atoms with van der Waals surface area (Å²) in [6.07, 6.45) is 0. The smallest absolute Gasteiger partial charge is 0.356 e. The van der Waals surface area contributed by atoms with Crippen molar-refractivity contribution in [1.29, 1.82) is 0 Å². The number of benzene rings is 1. The van der Waals surface area contributed by atoms with Gasteiger partial charge in [-0.2, -0.15) is 0 Å². The first-order valence-corrected chi connectivity index (χ1v) is 5.41. The number of methoxy groups -OCH3 is 2. The molecule has 0 aliphatic heterocycles. The Balaban J connectivity index is 2.88. The number of ether oxygens (including phenoxy) is 2. The molecule has 0 saturated carbocycles. The SMILES string of the molecule is COC(=O)c1cc(OC)c2c(F)c(C)cc(F)c2n1. The molecule has 4 nitrogen and oxygen atoms in total. The summed E-state index contributed by atoms with van der Waals surface area (Å²) in [6.45, 7) is 1.44. The number of halogens is 2. The normalized spacial score (nSPS) is 10.6. The number of rotatable bonds is 2. The molecule has 6 heteroatoms. The molecule has 0 N–H and O–H groups in total. The molecular formula is C13H11F2NO3. The van der Waals surface area contributed by atoms with Crippen LogP contribution in [-0.4, -0.2) is 25.2 Å². The Bertz CT molecular complexity index is 671. The summed E-state index contributed by atoms with van der Waals surface area (Å²) in [4.78, 5) is 15.2. The average molecular weight is 267 g/mol. The lowest BCUT2D eigenvalue weighted by atomic mass is 10.1. The van der Waals surface area contributed by atoms with E-state index >= 15 is 0 Å². The van der Waals surface area contributed by atoms with E-state index in [9.17, 15) is 13.6 Å². The van der Waals surface area contributed by atoms with Crippen LogP contribution >= 0.6 is 0 Å². The molecule has 0 unspecified atom stereocenters. The third-order valence-corrected chi connectivity index (χ3v) is 2.73. The fourth-order valence-corrected chi connectivity index (χ4v) is 1.80. The van der Waals surface area contributed by atoms with Crippen molar-refractivity contribution in [3.05, 3.63) is 35.0 Å². The summed E-state index contributed by atoms with van der Waals surface area (Å²) in [5, 5.41) is -0.0901. The minimum absolute atomic E-state index is 0.0329. The van der Waals surface area contributed by atoms with E-state index in [1.54, 1.807) is 0 Å². The molecule has 1 aromatic heterocycles. The lowest BCUT2D eigenvalue weighted by Gasteiger charge is -2.10. The largest absolute Gasteiger partial charge is 0.496 e. The zero-order chi connectivity index (χ0) is 14.2. The van der Waals surface area contributed by atoms with Crippen molar-refractivity contribution in [2.45, 2.75) is 6.92 Å². The van der Waals surface area contributed by atoms with E-state index in [2.05, 4.69) is 9.72 Å². The molecule has 0 aliphatic carbocycles. The lowest BCUT2D eigenvalue weighted by Crippen LogP contribution is -2.07. The van der Waals surface area contributed by atoms with Gasteiger partial charge in [-0.3, -0.25) is 0 Å². The van der Waals surface area contributed by atoms with Crippen LogP contribution in [0.3, 0.4) is 0 Å². The number of carbonyl (C=O) groups excluding carboxylic acids is 1. The number of aryl methyl sites for hydroxylation is 1. The topological polar surface area (TPSA) is 48.4 Å². The molecule has 0 bridgehead atoms. The van der Waals surface area contributed by atoms with Crippen LogP contribution in [0.25, 0.3) is 10.9 Å². The van der Waals surface area contributed by atoms with Gasteiger partial charge >= 0.3 is 5.97 Å². The van der Waals surface area contributed by atoms with Gasteiger partial charge in [0.2, 0.25) is 0 Å². The van der Waals surface area contributed by atoms with E-state index < -0.39 is 17.6 Å². The highest BCUT2D eigenvalue weighted by molar-refractivity contribution is 5.94. The fraction of sp³-hybridized carbons (Fsp3) is 0.231. The first-order valence-electron chi connectivity index (χ1n) is 5.41. The van der Waals surface area contributed by atoms with Crippen molar-refractivity contribution in [3.63, 3.8) is 0 Å². The second kappa shape index (κ2) is 4.79. The summed E-state index contributed by atoms with van der Waals surface area (Å²) in [5.74, 6) is -2.07. The highest BCUT2D eigenvalue weighted by atomic mass is 19.1. The first-order chi connectivity index (χ1) is 8.99. The highest BCUT2D eigenvalue weighted by Gasteiger charge is 2.19. The van der Waals surface area contributed by atoms with Gasteiger partial charge in [-0.1, -0.05) is 0 Å². The van der Waals surface area contributed by atoms with Crippen molar-refractivity contribution in [2.24, 2.45) is 0 Å². The average Bonchev–Trinajstić information content (AvgIpc) is 2.42. The van der Waals surface area contributed by atoms with E-state index in [-0.39, 0.29) is 27.9 Å². The number of esters is 1. The zero-order valence-electron chi connectivity index (χ0n) is 10.6. The maximum absolute atomic E-state index is 14.0. The molecule has 0 atom stereocenters. The van der Waals surface area contributed by atoms with Gasteiger partial charge in [0.25, 0.3) is 0 Å². The molecular weight excluding hydrogens is 256 g/mol. The summed E-state index contributed by atoms with van der Waals surface area (Å²) in [5.41, 5.74) is -0.271. The van der Waals surface area contributed by atoms with Gasteiger partial charge < -0.3 is 9.47 Å². The van der Waals surface area contributed by atoms with Gasteiger partial charge in [-0.05, 0) is 18.6 Å². The van der Waals surface area contributed by atoms with E-state index in [4.69, 9.17) is 4.74 Å². The predicted octanol–water partition coefficient (Wildman–Crippen LogP) is 2.62. The molecule has 1 aromatic carbocycles. The Morgan fingerprint density at radius 2 is 1.95 bits per heavy atom. The number of nitrogens with zero attached hydrogens (tertiary/aromatic N) is 1. The molecule has 0 spiro atoms. The van der Waals surface area contributed by atoms with Crippen LogP contribution in [0.4, 0.5) is 8.78 Å². The van der Waals surface area contributed by atoms with Crippen LogP contribution < -0.4 is 4.74 Å². The quantitative estimate of drug-likeness (QED) is 0.785. The summed E-state index contributed by atoms with van der Waals surface area (Å²) >= 11 is 0. The Morgan fingerprint density at radius 3 is 2.53 bits per heavy atom.